The maximum atomic E-state index is 5.42. The van der Waals surface area contributed by atoms with Gasteiger partial charge < -0.3 is 14.0 Å². The molecule has 0 spiro atoms. The highest BCUT2D eigenvalue weighted by molar-refractivity contribution is 7.98. The summed E-state index contributed by atoms with van der Waals surface area (Å²) in [6.45, 7) is 0. The molecule has 0 atom stereocenters. The lowest BCUT2D eigenvalue weighted by molar-refractivity contribution is 0.395. The highest BCUT2D eigenvalue weighted by Crippen LogP contribution is 2.32. The van der Waals surface area contributed by atoms with Gasteiger partial charge in [-0.1, -0.05) is 23.0 Å². The van der Waals surface area contributed by atoms with Crippen LogP contribution in [0.1, 0.15) is 5.69 Å². The Morgan fingerprint density at radius 2 is 2.11 bits per heavy atom. The van der Waals surface area contributed by atoms with Crippen LogP contribution in [0.4, 0.5) is 0 Å². The van der Waals surface area contributed by atoms with Gasteiger partial charge in [0.15, 0.2) is 11.6 Å². The van der Waals surface area contributed by atoms with Gasteiger partial charge in [-0.15, -0.1) is 16.4 Å². The molecule has 138 valence electrons. The number of rotatable bonds is 7. The molecule has 0 bridgehead atoms. The minimum absolute atomic E-state index is 0.617. The summed E-state index contributed by atoms with van der Waals surface area (Å²) in [7, 11) is 3.23. The van der Waals surface area contributed by atoms with Gasteiger partial charge in [-0.25, -0.2) is 4.98 Å². The van der Waals surface area contributed by atoms with E-state index in [1.54, 1.807) is 25.6 Å². The number of aromatic nitrogens is 4. The minimum Gasteiger partial charge on any atom is -0.497 e. The first-order valence-corrected chi connectivity index (χ1v) is 9.90. The number of nitrogens with zero attached hydrogens (tertiary/aromatic N) is 3. The number of H-pyrrole nitrogens is 1. The molecule has 1 N–H and O–H groups in total. The lowest BCUT2D eigenvalue weighted by Crippen LogP contribution is -1.91. The maximum absolute atomic E-state index is 5.42. The van der Waals surface area contributed by atoms with Crippen LogP contribution < -0.4 is 9.47 Å². The fourth-order valence-electron chi connectivity index (χ4n) is 2.48. The summed E-state index contributed by atoms with van der Waals surface area (Å²) in [5.41, 5.74) is 1.66. The van der Waals surface area contributed by atoms with Gasteiger partial charge in [0.1, 0.15) is 11.5 Å². The molecule has 27 heavy (non-hydrogen) atoms. The maximum Gasteiger partial charge on any atom is 0.209 e. The molecule has 0 aliphatic rings. The Kier molecular flexibility index (Phi) is 5.12. The average Bonchev–Trinajstić information content (AvgIpc) is 3.47. The van der Waals surface area contributed by atoms with Crippen molar-refractivity contribution in [2.24, 2.45) is 0 Å². The van der Waals surface area contributed by atoms with Gasteiger partial charge in [0, 0.05) is 17.9 Å². The van der Waals surface area contributed by atoms with Crippen LogP contribution in [0.15, 0.2) is 51.5 Å². The Hall–Kier alpha value is -2.78. The number of thioether (sulfide) groups is 1. The van der Waals surface area contributed by atoms with Gasteiger partial charge in [0.05, 0.1) is 30.4 Å². The summed E-state index contributed by atoms with van der Waals surface area (Å²) in [4.78, 5) is 5.60. The number of thiophene rings is 1. The largest absolute Gasteiger partial charge is 0.497 e. The molecule has 0 unspecified atom stereocenters. The Bertz CT molecular complexity index is 1030. The monoisotopic (exact) mass is 400 g/mol. The van der Waals surface area contributed by atoms with Gasteiger partial charge in [-0.3, -0.25) is 5.10 Å². The second kappa shape index (κ2) is 7.85. The molecule has 4 aromatic rings. The predicted molar refractivity (Wildman–Crippen MR) is 104 cm³/mol. The SMILES string of the molecule is COc1ccc(-c2nc(SCc3cc(-c4cccs4)on3)n[nH]2)c(OC)c1. The zero-order valence-electron chi connectivity index (χ0n) is 14.6. The highest BCUT2D eigenvalue weighted by Gasteiger charge is 2.14. The van der Waals surface area contributed by atoms with Crippen LogP contribution in [0.3, 0.4) is 0 Å². The normalized spacial score (nSPS) is 10.9. The van der Waals surface area contributed by atoms with E-state index in [1.807, 2.05) is 41.8 Å². The first-order chi connectivity index (χ1) is 13.3. The van der Waals surface area contributed by atoms with Crippen LogP contribution in [0.2, 0.25) is 0 Å². The summed E-state index contributed by atoms with van der Waals surface area (Å²) in [6.07, 6.45) is 0. The van der Waals surface area contributed by atoms with E-state index in [0.29, 0.717) is 22.5 Å². The van der Waals surface area contributed by atoms with Crippen LogP contribution in [-0.2, 0) is 5.75 Å². The molecule has 7 nitrogen and oxygen atoms in total. The Balaban J connectivity index is 1.46. The molecule has 0 aliphatic carbocycles. The average molecular weight is 400 g/mol. The van der Waals surface area contributed by atoms with E-state index in [0.717, 1.165) is 27.6 Å². The predicted octanol–water partition coefficient (Wildman–Crippen LogP) is 4.50. The fourth-order valence-corrected chi connectivity index (χ4v) is 3.83. The molecular formula is C18H16N4O3S2. The molecule has 0 saturated heterocycles. The van der Waals surface area contributed by atoms with Crippen LogP contribution in [0.5, 0.6) is 11.5 Å². The van der Waals surface area contributed by atoms with Gasteiger partial charge in [-0.2, -0.15) is 0 Å². The summed E-state index contributed by atoms with van der Waals surface area (Å²) >= 11 is 3.10. The zero-order valence-corrected chi connectivity index (χ0v) is 16.3. The first-order valence-electron chi connectivity index (χ1n) is 8.04. The van der Waals surface area contributed by atoms with Crippen LogP contribution in [0, 0.1) is 0 Å². The number of benzene rings is 1. The molecule has 0 aliphatic heterocycles. The third kappa shape index (κ3) is 3.83. The van der Waals surface area contributed by atoms with Crippen molar-refractivity contribution in [1.82, 2.24) is 20.3 Å². The molecule has 0 radical (unpaired) electrons. The molecule has 0 amide bonds. The minimum atomic E-state index is 0.617. The van der Waals surface area contributed by atoms with Crippen molar-refractivity contribution in [2.75, 3.05) is 14.2 Å². The van der Waals surface area contributed by atoms with Crippen LogP contribution in [0.25, 0.3) is 22.0 Å². The van der Waals surface area contributed by atoms with Gasteiger partial charge in [0.25, 0.3) is 0 Å². The van der Waals surface area contributed by atoms with Crippen molar-refractivity contribution in [3.63, 3.8) is 0 Å². The smallest absolute Gasteiger partial charge is 0.209 e. The first kappa shape index (κ1) is 17.6. The Labute approximate surface area is 163 Å². The number of ether oxygens (including phenoxy) is 2. The van der Waals surface area contributed by atoms with E-state index in [2.05, 4.69) is 20.3 Å². The van der Waals surface area contributed by atoms with Crippen LogP contribution in [-0.4, -0.2) is 34.6 Å². The number of methoxy groups -OCH3 is 2. The lowest BCUT2D eigenvalue weighted by Gasteiger charge is -2.07. The van der Waals surface area contributed by atoms with Crippen LogP contribution >= 0.6 is 23.1 Å². The van der Waals surface area contributed by atoms with Crippen molar-refractivity contribution in [3.05, 3.63) is 47.5 Å². The van der Waals surface area contributed by atoms with Crippen molar-refractivity contribution in [3.8, 4) is 33.5 Å². The number of aromatic amines is 1. The molecule has 0 saturated carbocycles. The molecule has 3 heterocycles. The number of hydrogen-bond donors (Lipinski definition) is 1. The summed E-state index contributed by atoms with van der Waals surface area (Å²) in [5, 5.41) is 14.0. The molecule has 3 aromatic heterocycles. The fraction of sp³-hybridized carbons (Fsp3) is 0.167. The van der Waals surface area contributed by atoms with E-state index >= 15 is 0 Å². The van der Waals surface area contributed by atoms with Crippen molar-refractivity contribution < 1.29 is 14.0 Å². The van der Waals surface area contributed by atoms with E-state index in [1.165, 1.54) is 11.8 Å². The molecule has 4 rings (SSSR count). The second-order valence-corrected chi connectivity index (χ2v) is 7.37. The van der Waals surface area contributed by atoms with Gasteiger partial charge >= 0.3 is 0 Å². The summed E-state index contributed by atoms with van der Waals surface area (Å²) in [5.74, 6) is 3.42. The topological polar surface area (TPSA) is 86.1 Å². The molecule has 0 fully saturated rings. The van der Waals surface area contributed by atoms with Crippen molar-refractivity contribution in [1.29, 1.82) is 0 Å². The van der Waals surface area contributed by atoms with E-state index in [4.69, 9.17) is 14.0 Å². The summed E-state index contributed by atoms with van der Waals surface area (Å²) in [6, 6.07) is 11.5. The third-order valence-corrected chi connectivity index (χ3v) is 5.57. The Morgan fingerprint density at radius 3 is 2.89 bits per heavy atom. The van der Waals surface area contributed by atoms with E-state index in [9.17, 15) is 0 Å². The van der Waals surface area contributed by atoms with E-state index < -0.39 is 0 Å². The van der Waals surface area contributed by atoms with E-state index in [-0.39, 0.29) is 0 Å². The highest BCUT2D eigenvalue weighted by atomic mass is 32.2. The molecule has 1 aromatic carbocycles. The standard InChI is InChI=1S/C18H16N4O3S2/c1-23-12-5-6-13(14(9-12)24-2)17-19-18(21-20-17)27-10-11-8-15(25-22-11)16-4-3-7-26-16/h3-9H,10H2,1-2H3,(H,19,20,21). The Morgan fingerprint density at radius 1 is 1.19 bits per heavy atom. The second-order valence-electron chi connectivity index (χ2n) is 5.48. The van der Waals surface area contributed by atoms with Crippen molar-refractivity contribution in [2.45, 2.75) is 10.9 Å². The summed E-state index contributed by atoms with van der Waals surface area (Å²) < 4.78 is 16.0. The number of hydrogen-bond acceptors (Lipinski definition) is 8. The molecule has 9 heteroatoms. The zero-order chi connectivity index (χ0) is 18.6. The molecular weight excluding hydrogens is 384 g/mol. The van der Waals surface area contributed by atoms with Crippen molar-refractivity contribution >= 4 is 23.1 Å². The third-order valence-electron chi connectivity index (χ3n) is 3.80. The van der Waals surface area contributed by atoms with Gasteiger partial charge in [-0.05, 0) is 23.6 Å². The quantitative estimate of drug-likeness (QED) is 0.457. The number of nitrogens with one attached hydrogen (secondary N) is 1. The lowest BCUT2D eigenvalue weighted by atomic mass is 10.2. The van der Waals surface area contributed by atoms with Gasteiger partial charge in [0.2, 0.25) is 5.16 Å².